The lowest BCUT2D eigenvalue weighted by molar-refractivity contribution is -0.132. The quantitative estimate of drug-likeness (QED) is 0.251. The highest BCUT2D eigenvalue weighted by Crippen LogP contribution is 2.58. The van der Waals surface area contributed by atoms with Crippen molar-refractivity contribution < 1.29 is 38.4 Å². The summed E-state index contributed by atoms with van der Waals surface area (Å²) >= 11 is 0. The fourth-order valence-corrected chi connectivity index (χ4v) is 8.87. The van der Waals surface area contributed by atoms with Gasteiger partial charge in [0.25, 0.3) is 11.8 Å². The molecule has 1 N–H and O–H groups in total. The van der Waals surface area contributed by atoms with Crippen LogP contribution in [0.5, 0.6) is 28.7 Å². The smallest absolute Gasteiger partial charge is 0.308 e. The highest BCUT2D eigenvalue weighted by Gasteiger charge is 2.57. The van der Waals surface area contributed by atoms with Crippen molar-refractivity contribution in [3.8, 4) is 34.8 Å². The zero-order valence-corrected chi connectivity index (χ0v) is 27.2. The molecule has 3 aromatic rings. The predicted octanol–water partition coefficient (Wildman–Crippen LogP) is 3.74. The van der Waals surface area contributed by atoms with E-state index in [4.69, 9.17) is 18.9 Å². The van der Waals surface area contributed by atoms with Crippen molar-refractivity contribution in [1.29, 1.82) is 5.26 Å². The number of imide groups is 1. The largest absolute Gasteiger partial charge is 0.504 e. The van der Waals surface area contributed by atoms with E-state index in [9.17, 15) is 24.8 Å². The summed E-state index contributed by atoms with van der Waals surface area (Å²) in [6, 6.07) is 8.71. The second kappa shape index (κ2) is 10.7. The Hall–Kier alpha value is -5.12. The molecule has 1 fully saturated rings. The third-order valence-electron chi connectivity index (χ3n) is 10.7. The Morgan fingerprint density at radius 3 is 2.38 bits per heavy atom. The van der Waals surface area contributed by atoms with Gasteiger partial charge in [-0.1, -0.05) is 18.2 Å². The fraction of sp³-hybridized carbons (Fsp3) is 0.389. The Kier molecular flexibility index (Phi) is 6.74. The number of likely N-dealkylation sites (N-methyl/N-ethyl adjacent to an activating group) is 1. The SMILES string of the molecule is COc1c(C)cc2c(c1O)C1[C@@H]3Cc4c(OC(C)=O)c(C)c5c(c4C(CN4C(=O)c6ccccc6C4=O)N3[C@@H](C#N)C(C2)N1C)OCO5. The number of nitriles is 1. The Labute approximate surface area is 276 Å². The molecule has 0 spiro atoms. The molecule has 3 aromatic carbocycles. The van der Waals surface area contributed by atoms with Crippen LogP contribution in [0.25, 0.3) is 0 Å². The number of amides is 2. The number of hydrogen-bond acceptors (Lipinski definition) is 11. The van der Waals surface area contributed by atoms with Crippen LogP contribution >= 0.6 is 0 Å². The summed E-state index contributed by atoms with van der Waals surface area (Å²) in [4.78, 5) is 45.6. The third-order valence-corrected chi connectivity index (χ3v) is 10.7. The van der Waals surface area contributed by atoms with E-state index in [-0.39, 0.29) is 25.1 Å². The number of carbonyl (C=O) groups is 3. The molecule has 3 unspecified atom stereocenters. The molecule has 246 valence electrons. The van der Waals surface area contributed by atoms with Gasteiger partial charge >= 0.3 is 5.97 Å². The number of methoxy groups -OCH3 is 1. The van der Waals surface area contributed by atoms with Gasteiger partial charge in [-0.05, 0) is 57.0 Å². The molecule has 0 aromatic heterocycles. The van der Waals surface area contributed by atoms with Crippen molar-refractivity contribution in [2.24, 2.45) is 0 Å². The van der Waals surface area contributed by atoms with E-state index in [1.807, 2.05) is 20.0 Å². The van der Waals surface area contributed by atoms with Crippen LogP contribution in [0.15, 0.2) is 30.3 Å². The lowest BCUT2D eigenvalue weighted by Gasteiger charge is -2.60. The van der Waals surface area contributed by atoms with Gasteiger partial charge in [-0.15, -0.1) is 0 Å². The van der Waals surface area contributed by atoms with Crippen molar-refractivity contribution in [2.45, 2.75) is 63.8 Å². The standard InChI is InChI=1S/C36H34N4O8/c1-16-10-19-11-23-25(13-37)40-24(29(38(23)4)27(19)30(42)31(16)45-5)12-22-28(34-33(46-15-47-34)17(2)32(22)48-18(3)41)26(40)14-39-35(43)20-8-6-7-9-21(20)36(39)44/h6-10,23-26,29,42H,11-12,14-15H2,1-5H3/t23?,24-,25-,26?,29?/m0/s1. The molecule has 8 rings (SSSR count). The van der Waals surface area contributed by atoms with E-state index in [0.717, 1.165) is 11.1 Å². The summed E-state index contributed by atoms with van der Waals surface area (Å²) in [7, 11) is 3.48. The van der Waals surface area contributed by atoms with Crippen LogP contribution in [0, 0.1) is 25.2 Å². The number of ether oxygens (including phenoxy) is 4. The average Bonchev–Trinajstić information content (AvgIpc) is 3.64. The van der Waals surface area contributed by atoms with Crippen molar-refractivity contribution in [2.75, 3.05) is 27.5 Å². The van der Waals surface area contributed by atoms with Gasteiger partial charge in [0, 0.05) is 47.8 Å². The Morgan fingerprint density at radius 1 is 1.04 bits per heavy atom. The average molecular weight is 651 g/mol. The minimum absolute atomic E-state index is 0.0444. The Balaban J connectivity index is 1.38. The number of rotatable bonds is 4. The highest BCUT2D eigenvalue weighted by molar-refractivity contribution is 6.21. The molecule has 0 saturated carbocycles. The van der Waals surface area contributed by atoms with E-state index >= 15 is 0 Å². The lowest BCUT2D eigenvalue weighted by Crippen LogP contribution is -2.68. The molecule has 2 amide bonds. The molecular weight excluding hydrogens is 616 g/mol. The van der Waals surface area contributed by atoms with Gasteiger partial charge in [0.2, 0.25) is 6.79 Å². The van der Waals surface area contributed by atoms with Gasteiger partial charge in [-0.25, -0.2) is 0 Å². The second-order valence-corrected chi connectivity index (χ2v) is 13.1. The number of fused-ring (bicyclic) bond motifs is 10. The molecule has 2 bridgehead atoms. The maximum atomic E-state index is 13.8. The molecule has 5 aliphatic heterocycles. The van der Waals surface area contributed by atoms with E-state index < -0.39 is 42.0 Å². The number of aromatic hydroxyl groups is 1. The fourth-order valence-electron chi connectivity index (χ4n) is 8.87. The first-order valence-corrected chi connectivity index (χ1v) is 15.9. The number of benzene rings is 3. The van der Waals surface area contributed by atoms with Crippen LogP contribution in [-0.4, -0.2) is 83.2 Å². The van der Waals surface area contributed by atoms with Crippen LogP contribution in [0.3, 0.4) is 0 Å². The first-order chi connectivity index (χ1) is 23.1. The number of carbonyl (C=O) groups excluding carboxylic acids is 3. The summed E-state index contributed by atoms with van der Waals surface area (Å²) in [6.07, 6.45) is 0.794. The summed E-state index contributed by atoms with van der Waals surface area (Å²) in [5.74, 6) is 0.250. The Bertz CT molecular complexity index is 1970. The normalized spacial score (nSPS) is 25.2. The van der Waals surface area contributed by atoms with Gasteiger partial charge in [0.05, 0.1) is 36.4 Å². The summed E-state index contributed by atoms with van der Waals surface area (Å²) in [6.45, 7) is 4.86. The molecule has 0 radical (unpaired) electrons. The van der Waals surface area contributed by atoms with Crippen molar-refractivity contribution in [3.63, 3.8) is 0 Å². The Morgan fingerprint density at radius 2 is 1.73 bits per heavy atom. The van der Waals surface area contributed by atoms with Gasteiger partial charge < -0.3 is 24.1 Å². The minimum atomic E-state index is -0.745. The monoisotopic (exact) mass is 650 g/mol. The van der Waals surface area contributed by atoms with Crippen molar-refractivity contribution in [3.05, 3.63) is 74.8 Å². The molecule has 12 nitrogen and oxygen atoms in total. The molecule has 12 heteroatoms. The van der Waals surface area contributed by atoms with E-state index in [0.29, 0.717) is 69.2 Å². The molecule has 48 heavy (non-hydrogen) atoms. The number of phenols is 1. The number of phenolic OH excluding ortho intramolecular Hbond substituents is 1. The van der Waals surface area contributed by atoms with Crippen molar-refractivity contribution >= 4 is 17.8 Å². The first kappa shape index (κ1) is 30.2. The molecule has 0 aliphatic carbocycles. The van der Waals surface area contributed by atoms with Crippen LogP contribution in [-0.2, 0) is 17.6 Å². The van der Waals surface area contributed by atoms with Gasteiger partial charge in [0.15, 0.2) is 23.0 Å². The van der Waals surface area contributed by atoms with Crippen LogP contribution in [0.1, 0.15) is 73.1 Å². The first-order valence-electron chi connectivity index (χ1n) is 15.9. The van der Waals surface area contributed by atoms with E-state index in [2.05, 4.69) is 15.9 Å². The van der Waals surface area contributed by atoms with Crippen LogP contribution in [0.4, 0.5) is 0 Å². The summed E-state index contributed by atoms with van der Waals surface area (Å²) in [5, 5.41) is 22.6. The maximum absolute atomic E-state index is 13.8. The molecule has 5 heterocycles. The van der Waals surface area contributed by atoms with Crippen LogP contribution in [0.2, 0.25) is 0 Å². The lowest BCUT2D eigenvalue weighted by atomic mass is 9.71. The number of hydrogen-bond donors (Lipinski definition) is 1. The zero-order valence-electron chi connectivity index (χ0n) is 27.2. The predicted molar refractivity (Wildman–Crippen MR) is 169 cm³/mol. The highest BCUT2D eigenvalue weighted by atomic mass is 16.7. The summed E-state index contributed by atoms with van der Waals surface area (Å²) in [5.41, 5.74) is 4.94. The zero-order chi connectivity index (χ0) is 33.8. The molecule has 1 saturated heterocycles. The number of piperazine rings is 1. The molecular formula is C36H34N4O8. The van der Waals surface area contributed by atoms with Gasteiger partial charge in [0.1, 0.15) is 11.8 Å². The van der Waals surface area contributed by atoms with Gasteiger partial charge in [-0.3, -0.25) is 29.1 Å². The third kappa shape index (κ3) is 3.98. The number of nitrogens with zero attached hydrogens (tertiary/aromatic N) is 4. The van der Waals surface area contributed by atoms with E-state index in [1.165, 1.54) is 18.9 Å². The number of esters is 1. The van der Waals surface area contributed by atoms with Gasteiger partial charge in [-0.2, -0.15) is 5.26 Å². The van der Waals surface area contributed by atoms with Crippen molar-refractivity contribution in [1.82, 2.24) is 14.7 Å². The van der Waals surface area contributed by atoms with E-state index in [1.54, 1.807) is 31.2 Å². The second-order valence-electron chi connectivity index (χ2n) is 13.1. The summed E-state index contributed by atoms with van der Waals surface area (Å²) < 4.78 is 23.6. The number of aryl methyl sites for hydroxylation is 1. The maximum Gasteiger partial charge on any atom is 0.308 e. The van der Waals surface area contributed by atoms with Crippen LogP contribution < -0.4 is 18.9 Å². The minimum Gasteiger partial charge on any atom is -0.504 e. The molecule has 5 atom stereocenters. The topological polar surface area (TPSA) is 142 Å². The molecule has 5 aliphatic rings.